The molecule has 2 aliphatic heterocycles. The Bertz CT molecular complexity index is 2090. The van der Waals surface area contributed by atoms with Crippen molar-refractivity contribution in [3.8, 4) is 5.88 Å². The molecule has 0 N–H and O–H groups in total. The summed E-state index contributed by atoms with van der Waals surface area (Å²) in [7, 11) is -1.58. The number of aromatic nitrogens is 3. The van der Waals surface area contributed by atoms with Crippen molar-refractivity contribution in [3.05, 3.63) is 129 Å². The second-order valence-electron chi connectivity index (χ2n) is 13.3. The molecule has 3 atom stereocenters. The summed E-state index contributed by atoms with van der Waals surface area (Å²) < 4.78 is 41.0. The van der Waals surface area contributed by atoms with Crippen molar-refractivity contribution in [3.63, 3.8) is 0 Å². The minimum absolute atomic E-state index is 0.00512. The van der Waals surface area contributed by atoms with Gasteiger partial charge in [0.25, 0.3) is 5.91 Å². The third-order valence-electron chi connectivity index (χ3n) is 8.96. The number of hydrogen-bond donors (Lipinski definition) is 0. The molecule has 1 saturated heterocycles. The molecule has 0 saturated carbocycles. The molecule has 1 aromatic heterocycles. The van der Waals surface area contributed by atoms with E-state index in [-0.39, 0.29) is 28.7 Å². The van der Waals surface area contributed by atoms with Crippen LogP contribution < -0.4 is 10.3 Å². The van der Waals surface area contributed by atoms with Crippen molar-refractivity contribution in [1.82, 2.24) is 19.7 Å². The molecule has 0 radical (unpaired) electrons. The number of β-lactam (4-membered cyclic amide) rings is 1. The number of ether oxygens (including phenoxy) is 2. The van der Waals surface area contributed by atoms with Crippen LogP contribution in [0.25, 0.3) is 0 Å². The van der Waals surface area contributed by atoms with E-state index in [0.29, 0.717) is 5.56 Å². The molecule has 0 aliphatic carbocycles. The van der Waals surface area contributed by atoms with E-state index in [0.717, 1.165) is 27.8 Å². The first-order chi connectivity index (χ1) is 23.7. The lowest BCUT2D eigenvalue weighted by Crippen LogP contribution is -2.74. The van der Waals surface area contributed by atoms with Gasteiger partial charge in [-0.25, -0.2) is 13.1 Å². The number of allylic oxidation sites excluding steroid dienone is 1. The molecule has 1 amide bonds. The zero-order valence-electron chi connectivity index (χ0n) is 28.6. The van der Waals surface area contributed by atoms with Crippen LogP contribution in [0.3, 0.4) is 0 Å². The number of amides is 1. The van der Waals surface area contributed by atoms with E-state index < -0.39 is 54.2 Å². The number of hydrogen-bond acceptors (Lipinski definition) is 10. The highest BCUT2D eigenvalue weighted by molar-refractivity contribution is 8.15. The Kier molecular flexibility index (Phi) is 9.35. The highest BCUT2D eigenvalue weighted by Gasteiger charge is 2.68. The number of nitrogens with zero attached hydrogens (tertiary/aromatic N) is 4. The number of rotatable bonds is 10. The van der Waals surface area contributed by atoms with Crippen LogP contribution in [0.4, 0.5) is 0 Å². The molecule has 2 aliphatic rings. The van der Waals surface area contributed by atoms with Crippen LogP contribution in [0.1, 0.15) is 50.5 Å². The average molecular weight is 715 g/mol. The van der Waals surface area contributed by atoms with Gasteiger partial charge >= 0.3 is 11.4 Å². The normalized spacial score (nSPS) is 21.5. The number of thioether (sulfide) groups is 1. The molecular weight excluding hydrogens is 677 g/mol. The Morgan fingerprint density at radius 3 is 2.00 bits per heavy atom. The minimum Gasteiger partial charge on any atom is -0.460 e. The number of sulfone groups is 1. The van der Waals surface area contributed by atoms with Gasteiger partial charge in [0.2, 0.25) is 0 Å². The molecule has 6 rings (SSSR count). The average Bonchev–Trinajstić information content (AvgIpc) is 3.09. The first-order valence-electron chi connectivity index (χ1n) is 16.0. The Morgan fingerprint density at radius 2 is 1.48 bits per heavy atom. The van der Waals surface area contributed by atoms with Gasteiger partial charge in [-0.15, -0.1) is 5.10 Å². The molecule has 3 aromatic carbocycles. The summed E-state index contributed by atoms with van der Waals surface area (Å²) in [5.41, 5.74) is 0.654. The summed E-state index contributed by atoms with van der Waals surface area (Å²) in [4.78, 5) is 46.5. The monoisotopic (exact) mass is 714 g/mol. The Labute approximate surface area is 295 Å². The number of methoxy groups -OCH3 is 1. The van der Waals surface area contributed by atoms with Gasteiger partial charge in [0.1, 0.15) is 0 Å². The van der Waals surface area contributed by atoms with Gasteiger partial charge in [-0.2, -0.15) is 4.98 Å². The molecule has 1 unspecified atom stereocenters. The molecule has 260 valence electrons. The zero-order chi connectivity index (χ0) is 36.0. The van der Waals surface area contributed by atoms with Crippen LogP contribution in [-0.4, -0.2) is 62.4 Å². The van der Waals surface area contributed by atoms with Crippen molar-refractivity contribution in [2.75, 3.05) is 7.11 Å². The van der Waals surface area contributed by atoms with Gasteiger partial charge in [0.05, 0.1) is 5.70 Å². The van der Waals surface area contributed by atoms with Crippen molar-refractivity contribution >= 4 is 33.3 Å². The maximum absolute atomic E-state index is 15.0. The molecule has 50 heavy (non-hydrogen) atoms. The lowest BCUT2D eigenvalue weighted by molar-refractivity contribution is -0.161. The lowest BCUT2D eigenvalue weighted by Gasteiger charge is -2.54. The summed E-state index contributed by atoms with van der Waals surface area (Å²) in [6, 6.07) is 27.7. The Hall–Kier alpha value is -4.59. The van der Waals surface area contributed by atoms with Crippen LogP contribution in [-0.2, 0) is 37.6 Å². The molecule has 4 aromatic rings. The van der Waals surface area contributed by atoms with Crippen LogP contribution >= 0.6 is 11.8 Å². The van der Waals surface area contributed by atoms with Gasteiger partial charge in [-0.1, -0.05) is 124 Å². The van der Waals surface area contributed by atoms with E-state index in [4.69, 9.17) is 9.47 Å². The van der Waals surface area contributed by atoms with E-state index in [1.807, 2.05) is 66.7 Å². The Balaban J connectivity index is 1.50. The smallest absolute Gasteiger partial charge is 0.336 e. The predicted molar refractivity (Wildman–Crippen MR) is 189 cm³/mol. The third-order valence-corrected chi connectivity index (χ3v) is 13.7. The molecular formula is C37H38N4O7S2. The SMILES string of the molecule is CO[C@H]1C(=O)N2C(C(=O)C(C)(C)C)=C(C)C(Cc3ccccc3)(Sc3nc(=O)c(OC(c4ccccc4)c4ccccc4)nn3C)S(=O)(=O)[C@H]12. The van der Waals surface area contributed by atoms with E-state index in [9.17, 15) is 22.8 Å². The van der Waals surface area contributed by atoms with E-state index in [1.54, 1.807) is 59.0 Å². The fourth-order valence-electron chi connectivity index (χ4n) is 6.30. The summed E-state index contributed by atoms with van der Waals surface area (Å²) >= 11 is 0.810. The van der Waals surface area contributed by atoms with Crippen molar-refractivity contribution < 1.29 is 27.5 Å². The highest BCUT2D eigenvalue weighted by atomic mass is 32.3. The largest absolute Gasteiger partial charge is 0.460 e. The fraction of sp³-hybridized carbons (Fsp3) is 0.324. The molecule has 11 nitrogen and oxygen atoms in total. The number of Topliss-reactive ketones (excluding diaryl/α,β-unsaturated/α-hetero) is 1. The molecule has 1 fully saturated rings. The number of fused-ring (bicyclic) bond motifs is 1. The van der Waals surface area contributed by atoms with Gasteiger partial charge in [0, 0.05) is 26.0 Å². The summed E-state index contributed by atoms with van der Waals surface area (Å²) in [6.45, 7) is 6.70. The quantitative estimate of drug-likeness (QED) is 0.209. The molecule has 13 heteroatoms. The second kappa shape index (κ2) is 13.3. The van der Waals surface area contributed by atoms with Gasteiger partial charge in [0.15, 0.2) is 42.4 Å². The summed E-state index contributed by atoms with van der Waals surface area (Å²) in [6.07, 6.45) is -2.09. The first kappa shape index (κ1) is 35.2. The first-order valence-corrected chi connectivity index (χ1v) is 18.4. The minimum atomic E-state index is -4.39. The van der Waals surface area contributed by atoms with Crippen molar-refractivity contribution in [2.24, 2.45) is 12.5 Å². The van der Waals surface area contributed by atoms with Gasteiger partial charge in [-0.3, -0.25) is 19.3 Å². The number of carbonyl (C=O) groups excluding carboxylic acids is 2. The molecule has 3 heterocycles. The van der Waals surface area contributed by atoms with Gasteiger partial charge < -0.3 is 9.47 Å². The fourth-order valence-corrected chi connectivity index (χ4v) is 10.7. The standard InChI is InChI=1S/C37H38N4O7S2/c1-23-27(30(42)36(2,3)4)41-33(44)29(47-6)34(41)50(45,46)37(23,22-24-16-10-7-11-17-24)49-35-38-31(43)32(39-40(35)5)48-28(25-18-12-8-13-19-25)26-20-14-9-15-21-26/h7-21,28-29,34H,22H2,1-6H3/t29-,34+,37?/m0/s1. The van der Waals surface area contributed by atoms with Crippen molar-refractivity contribution in [2.45, 2.75) is 60.9 Å². The lowest BCUT2D eigenvalue weighted by atomic mass is 9.84. The second-order valence-corrected chi connectivity index (χ2v) is 17.1. The number of ketones is 1. The van der Waals surface area contributed by atoms with Crippen LogP contribution in [0.5, 0.6) is 5.88 Å². The van der Waals surface area contributed by atoms with Crippen LogP contribution in [0.15, 0.2) is 112 Å². The maximum Gasteiger partial charge on any atom is 0.336 e. The number of benzene rings is 3. The highest BCUT2D eigenvalue weighted by Crippen LogP contribution is 2.55. The molecule has 0 bridgehead atoms. The predicted octanol–water partition coefficient (Wildman–Crippen LogP) is 4.88. The number of aryl methyl sites for hydroxylation is 1. The van der Waals surface area contributed by atoms with E-state index in [2.05, 4.69) is 10.1 Å². The summed E-state index contributed by atoms with van der Waals surface area (Å²) in [5, 5.41) is 2.97. The Morgan fingerprint density at radius 1 is 0.940 bits per heavy atom. The molecule has 0 spiro atoms. The topological polar surface area (TPSA) is 138 Å². The van der Waals surface area contributed by atoms with E-state index >= 15 is 0 Å². The number of carbonyl (C=O) groups is 2. The van der Waals surface area contributed by atoms with Crippen LogP contribution in [0.2, 0.25) is 0 Å². The summed E-state index contributed by atoms with van der Waals surface area (Å²) in [5.74, 6) is -1.27. The zero-order valence-corrected chi connectivity index (χ0v) is 30.2. The van der Waals surface area contributed by atoms with E-state index in [1.165, 1.54) is 11.8 Å². The maximum atomic E-state index is 15.0. The van der Waals surface area contributed by atoms with Gasteiger partial charge in [-0.05, 0) is 29.2 Å². The third kappa shape index (κ3) is 5.96. The van der Waals surface area contributed by atoms with Crippen LogP contribution in [0, 0.1) is 5.41 Å². The van der Waals surface area contributed by atoms with Crippen molar-refractivity contribution in [1.29, 1.82) is 0 Å².